The Labute approximate surface area is 211 Å². The van der Waals surface area contributed by atoms with Crippen LogP contribution in [0, 0.1) is 0 Å². The van der Waals surface area contributed by atoms with Gasteiger partial charge in [-0.05, 0) is 48.9 Å². The number of aromatic nitrogens is 1. The van der Waals surface area contributed by atoms with Gasteiger partial charge in [0.1, 0.15) is 23.0 Å². The fraction of sp³-hybridized carbons (Fsp3) is 0.107. The molecule has 1 aliphatic rings. The Morgan fingerprint density at radius 3 is 2.47 bits per heavy atom. The third-order valence-electron chi connectivity index (χ3n) is 5.64. The molecular formula is C28H22N2O5S. The topological polar surface area (TPSA) is 89.0 Å². The molecule has 4 aromatic rings. The first kappa shape index (κ1) is 23.3. The summed E-state index contributed by atoms with van der Waals surface area (Å²) in [4.78, 5) is 32.1. The maximum absolute atomic E-state index is 13.3. The first-order valence-corrected chi connectivity index (χ1v) is 12.2. The summed E-state index contributed by atoms with van der Waals surface area (Å²) in [6.45, 7) is 2.31. The molecule has 1 N–H and O–H groups in total. The number of amides is 1. The van der Waals surface area contributed by atoms with E-state index in [0.717, 1.165) is 0 Å². The summed E-state index contributed by atoms with van der Waals surface area (Å²) in [7, 11) is 0. The number of aliphatic hydroxyl groups is 1. The molecule has 1 fully saturated rings. The highest BCUT2D eigenvalue weighted by Gasteiger charge is 2.48. The smallest absolute Gasteiger partial charge is 0.301 e. The largest absolute Gasteiger partial charge is 0.507 e. The number of benzene rings is 3. The number of hydrogen-bond acceptors (Lipinski definition) is 7. The van der Waals surface area contributed by atoms with Crippen molar-refractivity contribution in [3.05, 3.63) is 107 Å². The maximum atomic E-state index is 13.3. The van der Waals surface area contributed by atoms with E-state index in [1.807, 2.05) is 37.3 Å². The van der Waals surface area contributed by atoms with Crippen molar-refractivity contribution in [1.82, 2.24) is 4.98 Å². The third-order valence-corrected chi connectivity index (χ3v) is 6.41. The van der Waals surface area contributed by atoms with Crippen LogP contribution >= 0.6 is 11.3 Å². The summed E-state index contributed by atoms with van der Waals surface area (Å²) in [5, 5.41) is 13.4. The van der Waals surface area contributed by atoms with Gasteiger partial charge in [0.05, 0.1) is 18.2 Å². The Morgan fingerprint density at radius 1 is 0.972 bits per heavy atom. The molecule has 1 amide bonds. The van der Waals surface area contributed by atoms with Crippen LogP contribution in [-0.2, 0) is 9.59 Å². The summed E-state index contributed by atoms with van der Waals surface area (Å²) in [6.07, 6.45) is 1.57. The number of para-hydroxylation sites is 1. The van der Waals surface area contributed by atoms with Crippen LogP contribution in [0.25, 0.3) is 5.76 Å². The normalized spacial score (nSPS) is 16.8. The quantitative estimate of drug-likeness (QED) is 0.192. The average Bonchev–Trinajstić information content (AvgIpc) is 3.51. The molecule has 0 spiro atoms. The van der Waals surface area contributed by atoms with Crippen LogP contribution in [0.15, 0.2) is 96.0 Å². The van der Waals surface area contributed by atoms with Gasteiger partial charge in [-0.15, -0.1) is 11.3 Å². The zero-order valence-electron chi connectivity index (χ0n) is 19.3. The van der Waals surface area contributed by atoms with Crippen LogP contribution < -0.4 is 14.4 Å². The molecule has 1 aliphatic heterocycles. The minimum absolute atomic E-state index is 0.0271. The molecule has 180 valence electrons. The maximum Gasteiger partial charge on any atom is 0.301 e. The van der Waals surface area contributed by atoms with Gasteiger partial charge < -0.3 is 14.6 Å². The molecule has 1 unspecified atom stereocenters. The fourth-order valence-corrected chi connectivity index (χ4v) is 4.78. The number of hydrogen-bond donors (Lipinski definition) is 1. The second-order valence-electron chi connectivity index (χ2n) is 7.93. The Hall–Kier alpha value is -4.43. The van der Waals surface area contributed by atoms with Crippen LogP contribution in [0.2, 0.25) is 0 Å². The Morgan fingerprint density at radius 2 is 1.72 bits per heavy atom. The predicted molar refractivity (Wildman–Crippen MR) is 137 cm³/mol. The molecule has 8 heteroatoms. The van der Waals surface area contributed by atoms with Crippen molar-refractivity contribution in [3.63, 3.8) is 0 Å². The van der Waals surface area contributed by atoms with E-state index in [9.17, 15) is 14.7 Å². The zero-order chi connectivity index (χ0) is 25.1. The molecule has 5 rings (SSSR count). The van der Waals surface area contributed by atoms with Crippen molar-refractivity contribution in [1.29, 1.82) is 0 Å². The van der Waals surface area contributed by atoms with Crippen LogP contribution in [-0.4, -0.2) is 28.4 Å². The van der Waals surface area contributed by atoms with E-state index in [4.69, 9.17) is 9.47 Å². The summed E-state index contributed by atoms with van der Waals surface area (Å²) in [5.41, 5.74) is 0.945. The molecule has 2 heterocycles. The summed E-state index contributed by atoms with van der Waals surface area (Å²) in [5.74, 6) is -0.104. The number of carbonyl (C=O) groups is 2. The number of Topliss-reactive ketones (excluding diaryl/α,β-unsaturated/α-hetero) is 1. The second-order valence-corrected chi connectivity index (χ2v) is 8.81. The van der Waals surface area contributed by atoms with E-state index in [0.29, 0.717) is 40.1 Å². The number of ketones is 1. The first-order valence-electron chi connectivity index (χ1n) is 11.3. The molecular weight excluding hydrogens is 476 g/mol. The Balaban J connectivity index is 1.64. The highest BCUT2D eigenvalue weighted by atomic mass is 32.1. The molecule has 3 aromatic carbocycles. The number of ether oxygens (including phenoxy) is 2. The Kier molecular flexibility index (Phi) is 6.51. The van der Waals surface area contributed by atoms with Crippen molar-refractivity contribution in [2.24, 2.45) is 0 Å². The van der Waals surface area contributed by atoms with Gasteiger partial charge in [-0.1, -0.05) is 42.5 Å². The molecule has 0 aliphatic carbocycles. The predicted octanol–water partition coefficient (Wildman–Crippen LogP) is 5.96. The summed E-state index contributed by atoms with van der Waals surface area (Å²) >= 11 is 1.24. The van der Waals surface area contributed by atoms with Gasteiger partial charge in [-0.25, -0.2) is 4.98 Å². The van der Waals surface area contributed by atoms with Crippen molar-refractivity contribution in [2.75, 3.05) is 11.5 Å². The molecule has 0 bridgehead atoms. The molecule has 1 atom stereocenters. The van der Waals surface area contributed by atoms with Crippen LogP contribution in [0.5, 0.6) is 17.2 Å². The number of thiazole rings is 1. The lowest BCUT2D eigenvalue weighted by Gasteiger charge is -2.23. The van der Waals surface area contributed by atoms with E-state index in [2.05, 4.69) is 4.98 Å². The number of rotatable bonds is 7. The van der Waals surface area contributed by atoms with E-state index in [-0.39, 0.29) is 11.3 Å². The van der Waals surface area contributed by atoms with Crippen molar-refractivity contribution < 1.29 is 24.2 Å². The number of nitrogens with zero attached hydrogens (tertiary/aromatic N) is 2. The second kappa shape index (κ2) is 10.1. The number of carbonyl (C=O) groups excluding carboxylic acids is 2. The van der Waals surface area contributed by atoms with E-state index in [1.165, 1.54) is 16.2 Å². The van der Waals surface area contributed by atoms with Crippen LogP contribution in [0.1, 0.15) is 24.1 Å². The standard InChI is InChI=1S/C28H22N2O5S/c1-2-34-21-12-7-9-19(17-21)25(31)23-24(30(27(33)26(23)32)28-29-14-15-36-28)18-8-6-13-22(16-18)35-20-10-4-3-5-11-20/h3-17,24,31H,2H2,1H3. The fourth-order valence-electron chi connectivity index (χ4n) is 4.11. The van der Waals surface area contributed by atoms with Gasteiger partial charge in [0, 0.05) is 17.1 Å². The lowest BCUT2D eigenvalue weighted by Crippen LogP contribution is -2.29. The number of anilines is 1. The van der Waals surface area contributed by atoms with Crippen LogP contribution in [0.4, 0.5) is 5.13 Å². The summed E-state index contributed by atoms with van der Waals surface area (Å²) in [6, 6.07) is 22.3. The number of aliphatic hydroxyl groups excluding tert-OH is 1. The third kappa shape index (κ3) is 4.46. The zero-order valence-corrected chi connectivity index (χ0v) is 20.1. The SMILES string of the molecule is CCOc1cccc(C(O)=C2C(=O)C(=O)N(c3nccs3)C2c2cccc(Oc3ccccc3)c2)c1. The van der Waals surface area contributed by atoms with E-state index < -0.39 is 17.7 Å². The minimum Gasteiger partial charge on any atom is -0.507 e. The molecule has 7 nitrogen and oxygen atoms in total. The van der Waals surface area contributed by atoms with Gasteiger partial charge in [0.25, 0.3) is 5.78 Å². The molecule has 36 heavy (non-hydrogen) atoms. The highest BCUT2D eigenvalue weighted by Crippen LogP contribution is 2.43. The lowest BCUT2D eigenvalue weighted by molar-refractivity contribution is -0.132. The van der Waals surface area contributed by atoms with Gasteiger partial charge in [0.15, 0.2) is 5.13 Å². The van der Waals surface area contributed by atoms with Gasteiger partial charge in [0.2, 0.25) is 0 Å². The monoisotopic (exact) mass is 498 g/mol. The molecule has 1 saturated heterocycles. The summed E-state index contributed by atoms with van der Waals surface area (Å²) < 4.78 is 11.5. The van der Waals surface area contributed by atoms with Crippen molar-refractivity contribution >= 4 is 33.9 Å². The van der Waals surface area contributed by atoms with Crippen LogP contribution in [0.3, 0.4) is 0 Å². The van der Waals surface area contributed by atoms with Gasteiger partial charge in [-0.3, -0.25) is 14.5 Å². The van der Waals surface area contributed by atoms with E-state index in [1.54, 1.807) is 60.1 Å². The van der Waals surface area contributed by atoms with Crippen molar-refractivity contribution in [2.45, 2.75) is 13.0 Å². The van der Waals surface area contributed by atoms with E-state index >= 15 is 0 Å². The van der Waals surface area contributed by atoms with Gasteiger partial charge in [-0.2, -0.15) is 0 Å². The Bertz CT molecular complexity index is 1430. The minimum atomic E-state index is -0.897. The highest BCUT2D eigenvalue weighted by molar-refractivity contribution is 7.14. The molecule has 1 aromatic heterocycles. The average molecular weight is 499 g/mol. The first-order chi connectivity index (χ1) is 17.6. The lowest BCUT2D eigenvalue weighted by atomic mass is 9.95. The molecule has 0 saturated carbocycles. The van der Waals surface area contributed by atoms with Crippen molar-refractivity contribution in [3.8, 4) is 17.2 Å². The van der Waals surface area contributed by atoms with Gasteiger partial charge >= 0.3 is 5.91 Å². The molecule has 0 radical (unpaired) electrons.